The van der Waals surface area contributed by atoms with Crippen molar-refractivity contribution < 1.29 is 19.1 Å². The van der Waals surface area contributed by atoms with Crippen LogP contribution in [0.2, 0.25) is 10.0 Å². The van der Waals surface area contributed by atoms with Gasteiger partial charge in [-0.3, -0.25) is 10.1 Å². The van der Waals surface area contributed by atoms with E-state index in [0.29, 0.717) is 15.2 Å². The molecule has 0 heterocycles. The molecule has 0 aliphatic heterocycles. The van der Waals surface area contributed by atoms with Crippen molar-refractivity contribution in [2.24, 2.45) is 0 Å². The molecule has 0 aliphatic rings. The summed E-state index contributed by atoms with van der Waals surface area (Å²) >= 11 is 15.0. The zero-order valence-electron chi connectivity index (χ0n) is 13.2. The number of urea groups is 1. The molecule has 2 rings (SSSR count). The van der Waals surface area contributed by atoms with Gasteiger partial charge in [0.1, 0.15) is 17.1 Å². The van der Waals surface area contributed by atoms with Gasteiger partial charge in [0.15, 0.2) is 0 Å². The van der Waals surface area contributed by atoms with Crippen molar-refractivity contribution in [3.8, 4) is 11.5 Å². The molecule has 0 aliphatic carbocycles. The molecular formula is C16H13BrCl2N2O4. The second-order valence-corrected chi connectivity index (χ2v) is 6.36. The summed E-state index contributed by atoms with van der Waals surface area (Å²) < 4.78 is 10.9. The number of hydrogen-bond acceptors (Lipinski definition) is 4. The molecule has 0 bridgehead atoms. The number of amides is 3. The Morgan fingerprint density at radius 1 is 1.04 bits per heavy atom. The lowest BCUT2D eigenvalue weighted by Crippen LogP contribution is -2.34. The fraction of sp³-hybridized carbons (Fsp3) is 0.125. The first-order valence-electron chi connectivity index (χ1n) is 6.85. The third-order valence-electron chi connectivity index (χ3n) is 3.13. The Bertz CT molecular complexity index is 830. The highest BCUT2D eigenvalue weighted by atomic mass is 79.9. The van der Waals surface area contributed by atoms with Gasteiger partial charge in [0, 0.05) is 5.69 Å². The predicted octanol–water partition coefficient (Wildman–Crippen LogP) is 4.74. The number of benzene rings is 2. The summed E-state index contributed by atoms with van der Waals surface area (Å²) in [7, 11) is 2.82. The first kappa shape index (κ1) is 19.4. The van der Waals surface area contributed by atoms with Crippen LogP contribution in [0.15, 0.2) is 34.8 Å². The van der Waals surface area contributed by atoms with E-state index in [1.54, 1.807) is 18.2 Å². The molecule has 0 atom stereocenters. The number of carbonyl (C=O) groups excluding carboxylic acids is 2. The maximum Gasteiger partial charge on any atom is 0.326 e. The first-order chi connectivity index (χ1) is 11.9. The van der Waals surface area contributed by atoms with Gasteiger partial charge in [0.2, 0.25) is 0 Å². The summed E-state index contributed by atoms with van der Waals surface area (Å²) in [5, 5.41) is 5.34. The van der Waals surface area contributed by atoms with Crippen LogP contribution in [0.25, 0.3) is 0 Å². The Morgan fingerprint density at radius 2 is 1.76 bits per heavy atom. The van der Waals surface area contributed by atoms with Gasteiger partial charge in [0.25, 0.3) is 5.91 Å². The second-order valence-electron chi connectivity index (χ2n) is 4.70. The number of hydrogen-bond donors (Lipinski definition) is 2. The van der Waals surface area contributed by atoms with E-state index in [-0.39, 0.29) is 22.1 Å². The Kier molecular flexibility index (Phi) is 6.52. The Morgan fingerprint density at radius 3 is 2.36 bits per heavy atom. The van der Waals surface area contributed by atoms with Gasteiger partial charge in [-0.25, -0.2) is 4.79 Å². The lowest BCUT2D eigenvalue weighted by atomic mass is 10.1. The van der Waals surface area contributed by atoms with Gasteiger partial charge in [-0.05, 0) is 46.3 Å². The largest absolute Gasteiger partial charge is 0.496 e. The fourth-order valence-corrected chi connectivity index (χ4v) is 2.82. The zero-order chi connectivity index (χ0) is 18.6. The molecule has 3 amide bonds. The van der Waals surface area contributed by atoms with E-state index < -0.39 is 11.9 Å². The van der Waals surface area contributed by atoms with Crippen molar-refractivity contribution in [3.05, 3.63) is 50.4 Å². The minimum atomic E-state index is -0.743. The van der Waals surface area contributed by atoms with E-state index in [4.69, 9.17) is 32.7 Å². The van der Waals surface area contributed by atoms with E-state index in [0.717, 1.165) is 0 Å². The SMILES string of the molecule is COc1ccc(Br)c(OC)c1C(=O)NC(=O)Nc1ccc(Cl)c(Cl)c1. The van der Waals surface area contributed by atoms with E-state index in [1.165, 1.54) is 26.4 Å². The van der Waals surface area contributed by atoms with Crippen molar-refractivity contribution in [2.45, 2.75) is 0 Å². The van der Waals surface area contributed by atoms with Crippen LogP contribution in [0.1, 0.15) is 10.4 Å². The normalized spacial score (nSPS) is 10.1. The van der Waals surface area contributed by atoms with Crippen molar-refractivity contribution >= 4 is 56.8 Å². The maximum atomic E-state index is 12.5. The number of halogens is 3. The van der Waals surface area contributed by atoms with Crippen LogP contribution >= 0.6 is 39.1 Å². The predicted molar refractivity (Wildman–Crippen MR) is 100 cm³/mol. The number of methoxy groups -OCH3 is 2. The maximum absolute atomic E-state index is 12.5. The monoisotopic (exact) mass is 446 g/mol. The Labute approximate surface area is 162 Å². The van der Waals surface area contributed by atoms with Crippen LogP contribution in [0.3, 0.4) is 0 Å². The third-order valence-corrected chi connectivity index (χ3v) is 4.49. The van der Waals surface area contributed by atoms with Crippen LogP contribution in [0.5, 0.6) is 11.5 Å². The van der Waals surface area contributed by atoms with E-state index in [2.05, 4.69) is 26.6 Å². The van der Waals surface area contributed by atoms with Gasteiger partial charge in [-0.2, -0.15) is 0 Å². The molecule has 25 heavy (non-hydrogen) atoms. The average Bonchev–Trinajstić information content (AvgIpc) is 2.57. The Balaban J connectivity index is 2.20. The molecule has 0 saturated carbocycles. The molecule has 2 aromatic rings. The third kappa shape index (κ3) is 4.56. The van der Waals surface area contributed by atoms with Crippen molar-refractivity contribution in [3.63, 3.8) is 0 Å². The summed E-state index contributed by atoms with van der Waals surface area (Å²) in [5.74, 6) is -0.174. The zero-order valence-corrected chi connectivity index (χ0v) is 16.3. The van der Waals surface area contributed by atoms with E-state index in [1.807, 2.05) is 0 Å². The summed E-state index contributed by atoms with van der Waals surface area (Å²) in [6.07, 6.45) is 0. The van der Waals surface area contributed by atoms with Crippen molar-refractivity contribution in [1.29, 1.82) is 0 Å². The molecule has 0 aromatic heterocycles. The van der Waals surface area contributed by atoms with Gasteiger partial charge in [-0.1, -0.05) is 23.2 Å². The molecule has 132 valence electrons. The lowest BCUT2D eigenvalue weighted by molar-refractivity contribution is 0.0961. The highest BCUT2D eigenvalue weighted by Gasteiger charge is 2.22. The minimum absolute atomic E-state index is 0.0867. The molecule has 0 spiro atoms. The molecule has 0 fully saturated rings. The first-order valence-corrected chi connectivity index (χ1v) is 8.40. The molecule has 2 aromatic carbocycles. The van der Waals surface area contributed by atoms with E-state index >= 15 is 0 Å². The number of imide groups is 1. The molecule has 0 radical (unpaired) electrons. The van der Waals surface area contributed by atoms with Crippen LogP contribution in [0.4, 0.5) is 10.5 Å². The Hall–Kier alpha value is -1.96. The molecule has 6 nitrogen and oxygen atoms in total. The fourth-order valence-electron chi connectivity index (χ4n) is 2.03. The van der Waals surface area contributed by atoms with Crippen molar-refractivity contribution in [2.75, 3.05) is 19.5 Å². The standard InChI is InChI=1S/C16H13BrCl2N2O4/c1-24-12-6-4-9(17)14(25-2)13(12)15(22)21-16(23)20-8-3-5-10(18)11(19)7-8/h3-7H,1-2H3,(H2,20,21,22,23). The lowest BCUT2D eigenvalue weighted by Gasteiger charge is -2.14. The van der Waals surface area contributed by atoms with Gasteiger partial charge < -0.3 is 14.8 Å². The highest BCUT2D eigenvalue weighted by Crippen LogP contribution is 2.35. The van der Waals surface area contributed by atoms with E-state index in [9.17, 15) is 9.59 Å². The molecule has 9 heteroatoms. The highest BCUT2D eigenvalue weighted by molar-refractivity contribution is 9.10. The van der Waals surface area contributed by atoms with Crippen molar-refractivity contribution in [1.82, 2.24) is 5.32 Å². The quantitative estimate of drug-likeness (QED) is 0.709. The van der Waals surface area contributed by atoms with Crippen LogP contribution < -0.4 is 20.1 Å². The number of rotatable bonds is 4. The van der Waals surface area contributed by atoms with Crippen LogP contribution in [-0.4, -0.2) is 26.2 Å². The number of anilines is 1. The van der Waals surface area contributed by atoms with Crippen LogP contribution in [-0.2, 0) is 0 Å². The molecule has 2 N–H and O–H groups in total. The summed E-state index contributed by atoms with van der Waals surface area (Å²) in [4.78, 5) is 24.5. The number of carbonyl (C=O) groups is 2. The topological polar surface area (TPSA) is 76.7 Å². The molecule has 0 unspecified atom stereocenters. The van der Waals surface area contributed by atoms with Gasteiger partial charge in [0.05, 0.1) is 28.7 Å². The minimum Gasteiger partial charge on any atom is -0.496 e. The van der Waals surface area contributed by atoms with Gasteiger partial charge >= 0.3 is 6.03 Å². The van der Waals surface area contributed by atoms with Crippen LogP contribution in [0, 0.1) is 0 Å². The summed E-state index contributed by atoms with van der Waals surface area (Å²) in [6, 6.07) is 7.06. The second kappa shape index (κ2) is 8.42. The van der Waals surface area contributed by atoms with Gasteiger partial charge in [-0.15, -0.1) is 0 Å². The molecule has 0 saturated heterocycles. The number of nitrogens with one attached hydrogen (secondary N) is 2. The summed E-state index contributed by atoms with van der Waals surface area (Å²) in [5.41, 5.74) is 0.469. The molecular weight excluding hydrogens is 435 g/mol. The number of ether oxygens (including phenoxy) is 2. The average molecular weight is 448 g/mol. The summed E-state index contributed by atoms with van der Waals surface area (Å²) in [6.45, 7) is 0. The smallest absolute Gasteiger partial charge is 0.326 e.